The van der Waals surface area contributed by atoms with E-state index in [-0.39, 0.29) is 5.56 Å². The van der Waals surface area contributed by atoms with Gasteiger partial charge in [0, 0.05) is 12.1 Å². The second-order valence-corrected chi connectivity index (χ2v) is 4.01. The second kappa shape index (κ2) is 5.75. The van der Waals surface area contributed by atoms with Crippen molar-refractivity contribution < 1.29 is 19.0 Å². The highest BCUT2D eigenvalue weighted by atomic mass is 19.1. The lowest BCUT2D eigenvalue weighted by Crippen LogP contribution is -2.15. The molecule has 0 fully saturated rings. The number of halogens is 1. The van der Waals surface area contributed by atoms with Crippen molar-refractivity contribution in [3.05, 3.63) is 35.1 Å². The summed E-state index contributed by atoms with van der Waals surface area (Å²) in [5.41, 5.74) is 0.702. The summed E-state index contributed by atoms with van der Waals surface area (Å²) >= 11 is 0. The molecule has 1 unspecified atom stereocenters. The quantitative estimate of drug-likeness (QED) is 0.802. The molecule has 5 heteroatoms. The molecular formula is C12H16FNO3. The van der Waals surface area contributed by atoms with E-state index < -0.39 is 17.9 Å². The van der Waals surface area contributed by atoms with E-state index in [0.717, 1.165) is 6.07 Å². The van der Waals surface area contributed by atoms with Crippen LogP contribution in [0.1, 0.15) is 17.2 Å². The molecule has 0 radical (unpaired) electrons. The topological polar surface area (TPSA) is 49.8 Å². The van der Waals surface area contributed by atoms with E-state index >= 15 is 0 Å². The Bertz CT molecular complexity index is 407. The monoisotopic (exact) mass is 241 g/mol. The van der Waals surface area contributed by atoms with E-state index in [2.05, 4.69) is 4.74 Å². The van der Waals surface area contributed by atoms with Crippen molar-refractivity contribution in [2.75, 3.05) is 21.2 Å². The molecule has 0 heterocycles. The van der Waals surface area contributed by atoms with Gasteiger partial charge in [0.2, 0.25) is 0 Å². The van der Waals surface area contributed by atoms with Gasteiger partial charge in [-0.05, 0) is 25.7 Å². The number of esters is 1. The summed E-state index contributed by atoms with van der Waals surface area (Å²) in [6.45, 7) is 0.459. The Hall–Kier alpha value is -1.46. The largest absolute Gasteiger partial charge is 0.467 e. The smallest absolute Gasteiger partial charge is 0.339 e. The predicted octanol–water partition coefficient (Wildman–Crippen LogP) is 1.09. The zero-order valence-corrected chi connectivity index (χ0v) is 10.1. The molecule has 1 atom stereocenters. The predicted molar refractivity (Wildman–Crippen MR) is 60.8 cm³/mol. The molecule has 0 saturated carbocycles. The van der Waals surface area contributed by atoms with E-state index in [0.29, 0.717) is 12.1 Å². The Morgan fingerprint density at radius 2 is 2.18 bits per heavy atom. The normalized spacial score (nSPS) is 12.6. The van der Waals surface area contributed by atoms with E-state index in [1.165, 1.54) is 13.2 Å². The molecule has 0 aliphatic rings. The van der Waals surface area contributed by atoms with Gasteiger partial charge in [0.15, 0.2) is 6.10 Å². The fourth-order valence-corrected chi connectivity index (χ4v) is 1.45. The molecule has 1 aromatic carbocycles. The number of hydrogen-bond donors (Lipinski definition) is 1. The van der Waals surface area contributed by atoms with Crippen molar-refractivity contribution in [1.29, 1.82) is 0 Å². The number of nitrogens with zero attached hydrogens (tertiary/aromatic N) is 1. The van der Waals surface area contributed by atoms with Gasteiger partial charge in [0.05, 0.1) is 7.11 Å². The van der Waals surface area contributed by atoms with Crippen LogP contribution in [0.15, 0.2) is 18.2 Å². The number of carbonyl (C=O) groups excluding carboxylic acids is 1. The first kappa shape index (κ1) is 13.6. The van der Waals surface area contributed by atoms with E-state index in [1.807, 2.05) is 19.0 Å². The maximum Gasteiger partial charge on any atom is 0.339 e. The molecule has 1 rings (SSSR count). The highest BCUT2D eigenvalue weighted by molar-refractivity contribution is 5.76. The van der Waals surface area contributed by atoms with Crippen molar-refractivity contribution in [1.82, 2.24) is 4.90 Å². The molecule has 0 bridgehead atoms. The summed E-state index contributed by atoms with van der Waals surface area (Å²) in [7, 11) is 4.83. The van der Waals surface area contributed by atoms with Crippen molar-refractivity contribution in [3.63, 3.8) is 0 Å². The fourth-order valence-electron chi connectivity index (χ4n) is 1.45. The minimum Gasteiger partial charge on any atom is -0.467 e. The van der Waals surface area contributed by atoms with Gasteiger partial charge >= 0.3 is 5.97 Å². The fraction of sp³-hybridized carbons (Fsp3) is 0.417. The SMILES string of the molecule is COC(=O)C(O)c1ccc(CN(C)C)c(F)c1. The number of methoxy groups -OCH3 is 1. The first-order chi connectivity index (χ1) is 7.95. The van der Waals surface area contributed by atoms with Gasteiger partial charge in [-0.2, -0.15) is 0 Å². The van der Waals surface area contributed by atoms with Crippen molar-refractivity contribution in [2.24, 2.45) is 0 Å². The molecule has 0 aliphatic carbocycles. The number of aliphatic hydroxyl groups is 1. The highest BCUT2D eigenvalue weighted by Crippen LogP contribution is 2.18. The molecule has 0 saturated heterocycles. The minimum atomic E-state index is -1.44. The summed E-state index contributed by atoms with van der Waals surface area (Å²) in [6, 6.07) is 4.22. The molecule has 94 valence electrons. The Morgan fingerprint density at radius 1 is 1.53 bits per heavy atom. The molecule has 17 heavy (non-hydrogen) atoms. The molecule has 0 aromatic heterocycles. The third-order valence-corrected chi connectivity index (χ3v) is 2.30. The third-order valence-electron chi connectivity index (χ3n) is 2.30. The zero-order chi connectivity index (χ0) is 13.0. The average molecular weight is 241 g/mol. The summed E-state index contributed by atoms with van der Waals surface area (Å²) in [5.74, 6) is -1.25. The number of carbonyl (C=O) groups is 1. The lowest BCUT2D eigenvalue weighted by Gasteiger charge is -2.13. The van der Waals surface area contributed by atoms with Crippen LogP contribution < -0.4 is 0 Å². The van der Waals surface area contributed by atoms with Crippen LogP contribution in [0.4, 0.5) is 4.39 Å². The number of rotatable bonds is 4. The molecule has 0 aliphatic heterocycles. The van der Waals surface area contributed by atoms with Gasteiger partial charge in [-0.1, -0.05) is 12.1 Å². The van der Waals surface area contributed by atoms with Gasteiger partial charge in [0.1, 0.15) is 5.82 Å². The Labute approximate surface area is 99.6 Å². The Morgan fingerprint density at radius 3 is 2.65 bits per heavy atom. The Kier molecular flexibility index (Phi) is 4.60. The van der Waals surface area contributed by atoms with Gasteiger partial charge in [0.25, 0.3) is 0 Å². The van der Waals surface area contributed by atoms with Crippen LogP contribution in [-0.2, 0) is 16.1 Å². The van der Waals surface area contributed by atoms with E-state index in [1.54, 1.807) is 6.07 Å². The zero-order valence-electron chi connectivity index (χ0n) is 10.1. The van der Waals surface area contributed by atoms with Crippen LogP contribution in [0.2, 0.25) is 0 Å². The van der Waals surface area contributed by atoms with Crippen LogP contribution in [0.3, 0.4) is 0 Å². The van der Waals surface area contributed by atoms with Gasteiger partial charge in [-0.25, -0.2) is 9.18 Å². The maximum absolute atomic E-state index is 13.6. The third kappa shape index (κ3) is 3.51. The number of ether oxygens (including phenoxy) is 1. The lowest BCUT2D eigenvalue weighted by molar-refractivity contribution is -0.150. The summed E-state index contributed by atoms with van der Waals surface area (Å²) in [5, 5.41) is 9.53. The van der Waals surface area contributed by atoms with Crippen molar-refractivity contribution in [3.8, 4) is 0 Å². The summed E-state index contributed by atoms with van der Waals surface area (Å²) in [6.07, 6.45) is -1.44. The van der Waals surface area contributed by atoms with Gasteiger partial charge < -0.3 is 14.7 Å². The van der Waals surface area contributed by atoms with Crippen molar-refractivity contribution in [2.45, 2.75) is 12.6 Å². The minimum absolute atomic E-state index is 0.192. The lowest BCUT2D eigenvalue weighted by atomic mass is 10.1. The second-order valence-electron chi connectivity index (χ2n) is 4.01. The molecular weight excluding hydrogens is 225 g/mol. The van der Waals surface area contributed by atoms with E-state index in [9.17, 15) is 14.3 Å². The molecule has 0 spiro atoms. The van der Waals surface area contributed by atoms with E-state index in [4.69, 9.17) is 0 Å². The number of aliphatic hydroxyl groups excluding tert-OH is 1. The van der Waals surface area contributed by atoms with Gasteiger partial charge in [-0.15, -0.1) is 0 Å². The Balaban J connectivity index is 2.92. The standard InChI is InChI=1S/C12H16FNO3/c1-14(2)7-9-5-4-8(6-10(9)13)11(15)12(16)17-3/h4-6,11,15H,7H2,1-3H3. The molecule has 1 aromatic rings. The van der Waals surface area contributed by atoms with Crippen molar-refractivity contribution >= 4 is 5.97 Å². The van der Waals surface area contributed by atoms with Crippen LogP contribution in [0, 0.1) is 5.82 Å². The molecule has 4 nitrogen and oxygen atoms in total. The van der Waals surface area contributed by atoms with Crippen LogP contribution in [-0.4, -0.2) is 37.2 Å². The first-order valence-corrected chi connectivity index (χ1v) is 5.14. The van der Waals surface area contributed by atoms with Crippen LogP contribution in [0.5, 0.6) is 0 Å². The first-order valence-electron chi connectivity index (χ1n) is 5.14. The number of benzene rings is 1. The maximum atomic E-state index is 13.6. The molecule has 1 N–H and O–H groups in total. The summed E-state index contributed by atoms with van der Waals surface area (Å²) in [4.78, 5) is 12.9. The van der Waals surface area contributed by atoms with Gasteiger partial charge in [-0.3, -0.25) is 0 Å². The van der Waals surface area contributed by atoms with Crippen LogP contribution in [0.25, 0.3) is 0 Å². The summed E-state index contributed by atoms with van der Waals surface area (Å²) < 4.78 is 18.0. The highest BCUT2D eigenvalue weighted by Gasteiger charge is 2.19. The van der Waals surface area contributed by atoms with Crippen LogP contribution >= 0.6 is 0 Å². The average Bonchev–Trinajstić information content (AvgIpc) is 2.29. The molecule has 0 amide bonds. The number of hydrogen-bond acceptors (Lipinski definition) is 4.